The van der Waals surface area contributed by atoms with Crippen molar-refractivity contribution in [1.29, 1.82) is 0 Å². The molecule has 0 aromatic rings. The molecular weight excluding hydrogens is 324 g/mol. The Kier molecular flexibility index (Phi) is 9.12. The minimum absolute atomic E-state index is 0.583. The van der Waals surface area contributed by atoms with E-state index in [2.05, 4.69) is 19.1 Å². The first-order valence-corrected chi connectivity index (χ1v) is 11.0. The molecule has 2 rings (SSSR count). The van der Waals surface area contributed by atoms with Gasteiger partial charge in [-0.1, -0.05) is 64.0 Å². The minimum Gasteiger partial charge on any atom is -0.331 e. The molecule has 2 aliphatic carbocycles. The summed E-state index contributed by atoms with van der Waals surface area (Å²) < 4.78 is 16.5. The van der Waals surface area contributed by atoms with Gasteiger partial charge in [0.05, 0.1) is 0 Å². The van der Waals surface area contributed by atoms with Crippen LogP contribution in [0.2, 0.25) is 0 Å². The highest BCUT2D eigenvalue weighted by Crippen LogP contribution is 2.52. The van der Waals surface area contributed by atoms with E-state index in [0.717, 1.165) is 24.7 Å². The van der Waals surface area contributed by atoms with Crippen LogP contribution >= 0.6 is 0 Å². The van der Waals surface area contributed by atoms with E-state index >= 15 is 0 Å². The lowest BCUT2D eigenvalue weighted by Gasteiger charge is -2.30. The zero-order valence-electron chi connectivity index (χ0n) is 17.7. The summed E-state index contributed by atoms with van der Waals surface area (Å²) in [5.41, 5.74) is 0.583. The van der Waals surface area contributed by atoms with Gasteiger partial charge in [-0.2, -0.15) is 0 Å². The van der Waals surface area contributed by atoms with Crippen LogP contribution in [0.15, 0.2) is 12.2 Å². The van der Waals surface area contributed by atoms with Crippen molar-refractivity contribution >= 4 is 0 Å². The van der Waals surface area contributed by atoms with E-state index in [4.69, 9.17) is 14.2 Å². The second-order valence-corrected chi connectivity index (χ2v) is 8.67. The molecule has 1 fully saturated rings. The predicted octanol–water partition coefficient (Wildman–Crippen LogP) is 6.47. The monoisotopic (exact) mass is 366 g/mol. The number of allylic oxidation sites excluding steroid dienone is 2. The predicted molar refractivity (Wildman–Crippen MR) is 108 cm³/mol. The first kappa shape index (κ1) is 21.9. The zero-order chi connectivity index (χ0) is 18.9. The van der Waals surface area contributed by atoms with E-state index < -0.39 is 5.97 Å². The Bertz CT molecular complexity index is 407. The molecule has 3 atom stereocenters. The second-order valence-electron chi connectivity index (χ2n) is 8.67. The van der Waals surface area contributed by atoms with Crippen LogP contribution in [0.25, 0.3) is 0 Å². The Morgan fingerprint density at radius 1 is 1.00 bits per heavy atom. The summed E-state index contributed by atoms with van der Waals surface area (Å²) in [6, 6.07) is 0. The van der Waals surface area contributed by atoms with Gasteiger partial charge in [-0.25, -0.2) is 0 Å². The van der Waals surface area contributed by atoms with E-state index in [9.17, 15) is 0 Å². The number of rotatable bonds is 15. The Morgan fingerprint density at radius 2 is 1.69 bits per heavy atom. The molecule has 0 amide bonds. The van der Waals surface area contributed by atoms with Crippen LogP contribution < -0.4 is 0 Å². The average molecular weight is 367 g/mol. The molecule has 2 bridgehead atoms. The average Bonchev–Trinajstić information content (AvgIpc) is 3.27. The maximum atomic E-state index is 5.49. The van der Waals surface area contributed by atoms with Gasteiger partial charge in [-0.05, 0) is 49.4 Å². The van der Waals surface area contributed by atoms with E-state index in [1.54, 1.807) is 21.3 Å². The third kappa shape index (κ3) is 6.07. The molecule has 0 radical (unpaired) electrons. The van der Waals surface area contributed by atoms with E-state index in [1.807, 2.05) is 0 Å². The fourth-order valence-corrected chi connectivity index (χ4v) is 5.13. The molecule has 0 aromatic carbocycles. The van der Waals surface area contributed by atoms with Gasteiger partial charge in [0.1, 0.15) is 0 Å². The first-order chi connectivity index (χ1) is 12.6. The van der Waals surface area contributed by atoms with Gasteiger partial charge >= 0.3 is 0 Å². The van der Waals surface area contributed by atoms with Crippen LogP contribution in [0.5, 0.6) is 0 Å². The third-order valence-corrected chi connectivity index (χ3v) is 6.95. The largest absolute Gasteiger partial charge is 0.331 e. The molecule has 0 saturated heterocycles. The number of methoxy groups -OCH3 is 3. The van der Waals surface area contributed by atoms with Crippen LogP contribution in [0.1, 0.15) is 90.4 Å². The molecule has 1 saturated carbocycles. The van der Waals surface area contributed by atoms with Gasteiger partial charge in [-0.15, -0.1) is 0 Å². The van der Waals surface area contributed by atoms with Crippen molar-refractivity contribution < 1.29 is 14.2 Å². The van der Waals surface area contributed by atoms with Crippen molar-refractivity contribution in [3.05, 3.63) is 12.2 Å². The normalized spacial score (nSPS) is 25.9. The van der Waals surface area contributed by atoms with E-state index in [-0.39, 0.29) is 0 Å². The summed E-state index contributed by atoms with van der Waals surface area (Å²) in [4.78, 5) is 0. The van der Waals surface area contributed by atoms with Crippen LogP contribution in [-0.4, -0.2) is 27.3 Å². The van der Waals surface area contributed by atoms with Crippen molar-refractivity contribution in [3.63, 3.8) is 0 Å². The number of ether oxygens (including phenoxy) is 3. The van der Waals surface area contributed by atoms with Gasteiger partial charge in [0, 0.05) is 27.8 Å². The molecule has 0 heterocycles. The number of fused-ring (bicyclic) bond motifs is 2. The highest BCUT2D eigenvalue weighted by atomic mass is 16.9. The van der Waals surface area contributed by atoms with E-state index in [1.165, 1.54) is 70.6 Å². The molecule has 26 heavy (non-hydrogen) atoms. The molecule has 152 valence electrons. The van der Waals surface area contributed by atoms with Gasteiger partial charge in [0.25, 0.3) is 5.97 Å². The van der Waals surface area contributed by atoms with Crippen molar-refractivity contribution in [3.8, 4) is 0 Å². The summed E-state index contributed by atoms with van der Waals surface area (Å²) in [6.45, 7) is 2.28. The highest BCUT2D eigenvalue weighted by molar-refractivity contribution is 5.15. The SMILES string of the molecule is CCCCCC(CCCCC12C=CC(CC1)C2)CCC(OC)(OC)OC. The topological polar surface area (TPSA) is 27.7 Å². The van der Waals surface area contributed by atoms with Crippen molar-refractivity contribution in [2.45, 2.75) is 96.4 Å². The fraction of sp³-hybridized carbons (Fsp3) is 0.913. The Labute approximate surface area is 161 Å². The molecule has 0 aromatic heterocycles. The summed E-state index contributed by atoms with van der Waals surface area (Å²) in [6.07, 6.45) is 22.0. The number of hydrogen-bond donors (Lipinski definition) is 0. The van der Waals surface area contributed by atoms with Crippen LogP contribution in [0, 0.1) is 17.3 Å². The Balaban J connectivity index is 1.73. The molecule has 3 heteroatoms. The van der Waals surface area contributed by atoms with E-state index in [0.29, 0.717) is 5.41 Å². The maximum Gasteiger partial charge on any atom is 0.282 e. The molecule has 0 N–H and O–H groups in total. The first-order valence-electron chi connectivity index (χ1n) is 11.0. The van der Waals surface area contributed by atoms with Crippen molar-refractivity contribution in [2.24, 2.45) is 17.3 Å². The summed E-state index contributed by atoms with van der Waals surface area (Å²) in [7, 11) is 5.01. The second kappa shape index (κ2) is 10.8. The molecule has 0 aliphatic heterocycles. The van der Waals surface area contributed by atoms with Gasteiger partial charge in [0.15, 0.2) is 0 Å². The quantitative estimate of drug-likeness (QED) is 0.189. The van der Waals surface area contributed by atoms with Crippen LogP contribution in [-0.2, 0) is 14.2 Å². The van der Waals surface area contributed by atoms with Crippen LogP contribution in [0.4, 0.5) is 0 Å². The number of unbranched alkanes of at least 4 members (excludes halogenated alkanes) is 3. The summed E-state index contributed by atoms with van der Waals surface area (Å²) in [5.74, 6) is 0.798. The summed E-state index contributed by atoms with van der Waals surface area (Å²) >= 11 is 0. The standard InChI is InChI=1S/C23H42O3/c1-5-6-7-10-20(14-18-23(24-2,25-3)26-4)11-8-9-15-22-16-12-21(19-22)13-17-22/h12,16,20-21H,5-11,13-15,17-19H2,1-4H3. The lowest BCUT2D eigenvalue weighted by molar-refractivity contribution is -0.356. The molecule has 2 aliphatic rings. The Morgan fingerprint density at radius 3 is 2.19 bits per heavy atom. The lowest BCUT2D eigenvalue weighted by Crippen LogP contribution is -2.36. The summed E-state index contributed by atoms with van der Waals surface area (Å²) in [5, 5.41) is 0. The smallest absolute Gasteiger partial charge is 0.282 e. The lowest BCUT2D eigenvalue weighted by atomic mass is 9.81. The number of hydrogen-bond acceptors (Lipinski definition) is 3. The third-order valence-electron chi connectivity index (χ3n) is 6.95. The maximum absolute atomic E-state index is 5.49. The molecule has 0 spiro atoms. The highest BCUT2D eigenvalue weighted by Gasteiger charge is 2.39. The fourth-order valence-electron chi connectivity index (χ4n) is 5.13. The van der Waals surface area contributed by atoms with Crippen molar-refractivity contribution in [2.75, 3.05) is 21.3 Å². The van der Waals surface area contributed by atoms with Gasteiger partial charge in [0.2, 0.25) is 0 Å². The van der Waals surface area contributed by atoms with Crippen molar-refractivity contribution in [1.82, 2.24) is 0 Å². The zero-order valence-corrected chi connectivity index (χ0v) is 17.7. The Hall–Kier alpha value is -0.380. The molecular formula is C23H42O3. The van der Waals surface area contributed by atoms with Gasteiger partial charge in [-0.3, -0.25) is 0 Å². The molecule has 3 unspecified atom stereocenters. The minimum atomic E-state index is -0.866. The van der Waals surface area contributed by atoms with Crippen LogP contribution in [0.3, 0.4) is 0 Å². The van der Waals surface area contributed by atoms with Gasteiger partial charge < -0.3 is 14.2 Å². The molecule has 3 nitrogen and oxygen atoms in total.